The molecule has 0 saturated heterocycles. The summed E-state index contributed by atoms with van der Waals surface area (Å²) in [5, 5.41) is 5.88. The second-order valence-corrected chi connectivity index (χ2v) is 14.1. The zero-order valence-corrected chi connectivity index (χ0v) is 28.1. The number of aryl methyl sites for hydroxylation is 1. The second-order valence-electron chi connectivity index (χ2n) is 14.1. The van der Waals surface area contributed by atoms with Gasteiger partial charge in [0.25, 0.3) is 0 Å². The van der Waals surface area contributed by atoms with E-state index in [1.54, 1.807) is 47.7 Å². The van der Waals surface area contributed by atoms with Crippen LogP contribution in [0.25, 0.3) is 11.1 Å². The number of carbonyl (C=O) groups excluding carboxylic acids is 3. The quantitative estimate of drug-likeness (QED) is 0.132. The molecule has 3 N–H and O–H groups in total. The largest absolute Gasteiger partial charge is 0.486 e. The van der Waals surface area contributed by atoms with Crippen LogP contribution in [0.3, 0.4) is 0 Å². The van der Waals surface area contributed by atoms with Gasteiger partial charge in [0.2, 0.25) is 5.60 Å². The fourth-order valence-corrected chi connectivity index (χ4v) is 4.36. The number of pyridine rings is 1. The normalized spacial score (nSPS) is 16.3. The maximum absolute atomic E-state index is 13.4. The molecule has 0 fully saturated rings. The topological polar surface area (TPSA) is 146 Å². The third-order valence-electron chi connectivity index (χ3n) is 6.37. The van der Waals surface area contributed by atoms with Crippen molar-refractivity contribution >= 4 is 24.0 Å². The summed E-state index contributed by atoms with van der Waals surface area (Å²) in [6.07, 6.45) is 0.756. The standard InChI is InChI=1S/C33H48N4O8/c1-30(2,3)42-27(38)33(10,45-37-29(40)44-32(7,8)9)25-15-12-22-19-21(11-14-24(22)41-25)23-13-16-26(36-20-23)34-17-18-35-28(39)43-31(4,5)6/h11,13-14,16,19-20,25H,12,15,17-18H2,1-10H3,(H,34,36)(H,35,39)(H,37,40). The Hall–Kier alpha value is -4.06. The number of alkyl carbamates (subject to hydrolysis) is 1. The maximum Gasteiger partial charge on any atom is 0.431 e. The highest BCUT2D eigenvalue weighted by atomic mass is 16.7. The number of hydrogen-bond acceptors (Lipinski definition) is 10. The summed E-state index contributed by atoms with van der Waals surface area (Å²) in [6, 6.07) is 9.63. The number of nitrogens with zero attached hydrogens (tertiary/aromatic N) is 1. The van der Waals surface area contributed by atoms with Gasteiger partial charge >= 0.3 is 18.2 Å². The Kier molecular flexibility index (Phi) is 11.0. The van der Waals surface area contributed by atoms with Gasteiger partial charge in [0.15, 0.2) is 0 Å². The van der Waals surface area contributed by atoms with Crippen molar-refractivity contribution in [3.05, 3.63) is 42.1 Å². The highest BCUT2D eigenvalue weighted by Crippen LogP contribution is 2.36. The summed E-state index contributed by atoms with van der Waals surface area (Å²) < 4.78 is 22.4. The Morgan fingerprint density at radius 2 is 1.44 bits per heavy atom. The van der Waals surface area contributed by atoms with Gasteiger partial charge in [-0.15, -0.1) is 0 Å². The number of amides is 2. The summed E-state index contributed by atoms with van der Waals surface area (Å²) in [5.74, 6) is 0.612. The number of ether oxygens (including phenoxy) is 4. The molecule has 45 heavy (non-hydrogen) atoms. The number of anilines is 1. The highest BCUT2D eigenvalue weighted by molar-refractivity contribution is 5.81. The third kappa shape index (κ3) is 11.1. The summed E-state index contributed by atoms with van der Waals surface area (Å²) in [7, 11) is 0. The van der Waals surface area contributed by atoms with Gasteiger partial charge in [-0.25, -0.2) is 24.2 Å². The van der Waals surface area contributed by atoms with Gasteiger partial charge in [0.05, 0.1) is 0 Å². The summed E-state index contributed by atoms with van der Waals surface area (Å²) in [5.41, 5.74) is 1.35. The van der Waals surface area contributed by atoms with Crippen LogP contribution in [0.15, 0.2) is 36.5 Å². The molecule has 0 bridgehead atoms. The van der Waals surface area contributed by atoms with Gasteiger partial charge in [-0.05, 0) is 117 Å². The molecular formula is C33H48N4O8. The Labute approximate surface area is 265 Å². The highest BCUT2D eigenvalue weighted by Gasteiger charge is 2.50. The van der Waals surface area contributed by atoms with Gasteiger partial charge in [0, 0.05) is 24.8 Å². The number of aromatic nitrogens is 1. The van der Waals surface area contributed by atoms with Gasteiger partial charge in [-0.2, -0.15) is 5.48 Å². The first-order chi connectivity index (χ1) is 20.7. The number of fused-ring (bicyclic) bond motifs is 1. The van der Waals surface area contributed by atoms with Gasteiger partial charge in [-0.1, -0.05) is 6.07 Å². The number of esters is 1. The molecule has 0 radical (unpaired) electrons. The van der Waals surface area contributed by atoms with E-state index in [0.717, 1.165) is 16.7 Å². The van der Waals surface area contributed by atoms with Crippen molar-refractivity contribution in [3.8, 4) is 16.9 Å². The fraction of sp³-hybridized carbons (Fsp3) is 0.576. The monoisotopic (exact) mass is 628 g/mol. The van der Waals surface area contributed by atoms with Crippen molar-refractivity contribution in [1.82, 2.24) is 15.8 Å². The molecule has 2 atom stereocenters. The lowest BCUT2D eigenvalue weighted by molar-refractivity contribution is -0.205. The van der Waals surface area contributed by atoms with Crippen LogP contribution < -0.4 is 20.9 Å². The minimum Gasteiger partial charge on any atom is -0.486 e. The first kappa shape index (κ1) is 35.4. The van der Waals surface area contributed by atoms with Crippen LogP contribution in [0, 0.1) is 0 Å². The molecule has 2 amide bonds. The molecule has 248 valence electrons. The number of hydroxylamine groups is 1. The van der Waals surface area contributed by atoms with Crippen molar-refractivity contribution in [1.29, 1.82) is 0 Å². The molecule has 2 unspecified atom stereocenters. The van der Waals surface area contributed by atoms with E-state index in [0.29, 0.717) is 37.5 Å². The second kappa shape index (κ2) is 13.9. The van der Waals surface area contributed by atoms with E-state index in [-0.39, 0.29) is 0 Å². The van der Waals surface area contributed by atoms with Crippen LogP contribution in [0.2, 0.25) is 0 Å². The van der Waals surface area contributed by atoms with E-state index in [1.165, 1.54) is 6.92 Å². The molecule has 2 aromatic rings. The molecule has 1 aromatic heterocycles. The Morgan fingerprint density at radius 1 is 0.822 bits per heavy atom. The molecule has 3 rings (SSSR count). The van der Waals surface area contributed by atoms with Crippen molar-refractivity contribution in [2.45, 2.75) is 111 Å². The predicted molar refractivity (Wildman–Crippen MR) is 170 cm³/mol. The van der Waals surface area contributed by atoms with Crippen molar-refractivity contribution < 1.29 is 38.2 Å². The third-order valence-corrected chi connectivity index (χ3v) is 6.37. The molecule has 0 spiro atoms. The molecule has 2 heterocycles. The van der Waals surface area contributed by atoms with Crippen LogP contribution in [-0.2, 0) is 30.3 Å². The van der Waals surface area contributed by atoms with E-state index in [9.17, 15) is 14.4 Å². The van der Waals surface area contributed by atoms with Crippen LogP contribution in [0.4, 0.5) is 15.4 Å². The first-order valence-corrected chi connectivity index (χ1v) is 15.1. The van der Waals surface area contributed by atoms with Crippen LogP contribution >= 0.6 is 0 Å². The van der Waals surface area contributed by atoms with Crippen LogP contribution in [-0.4, -0.2) is 64.7 Å². The summed E-state index contributed by atoms with van der Waals surface area (Å²) in [6.45, 7) is 18.3. The number of hydrogen-bond donors (Lipinski definition) is 3. The lowest BCUT2D eigenvalue weighted by Crippen LogP contribution is -2.58. The zero-order valence-electron chi connectivity index (χ0n) is 28.1. The summed E-state index contributed by atoms with van der Waals surface area (Å²) in [4.78, 5) is 47.7. The molecule has 12 nitrogen and oxygen atoms in total. The molecule has 1 aliphatic rings. The Balaban J connectivity index is 1.66. The van der Waals surface area contributed by atoms with Crippen LogP contribution in [0.5, 0.6) is 5.75 Å². The number of benzene rings is 1. The molecule has 0 saturated carbocycles. The number of nitrogens with one attached hydrogen (secondary N) is 3. The number of rotatable bonds is 9. The van der Waals surface area contributed by atoms with Crippen LogP contribution in [0.1, 0.15) is 81.2 Å². The average Bonchev–Trinajstić information content (AvgIpc) is 2.91. The van der Waals surface area contributed by atoms with E-state index in [4.69, 9.17) is 23.8 Å². The smallest absolute Gasteiger partial charge is 0.431 e. The minimum absolute atomic E-state index is 0.388. The molecule has 1 aromatic carbocycles. The molecule has 12 heteroatoms. The van der Waals surface area contributed by atoms with Crippen molar-refractivity contribution in [2.24, 2.45) is 0 Å². The zero-order chi connectivity index (χ0) is 33.6. The molecule has 1 aliphatic heterocycles. The predicted octanol–water partition coefficient (Wildman–Crippen LogP) is 5.94. The molecule has 0 aliphatic carbocycles. The van der Waals surface area contributed by atoms with Crippen molar-refractivity contribution in [3.63, 3.8) is 0 Å². The lowest BCUT2D eigenvalue weighted by atomic mass is 9.89. The number of carbonyl (C=O) groups is 3. The van der Waals surface area contributed by atoms with E-state index in [1.807, 2.05) is 51.1 Å². The van der Waals surface area contributed by atoms with Crippen molar-refractivity contribution in [2.75, 3.05) is 18.4 Å². The van der Waals surface area contributed by atoms with Gasteiger partial charge in [-0.3, -0.25) is 0 Å². The SMILES string of the molecule is CC(C)(C)OC(=O)NCCNc1ccc(-c2ccc3c(c2)CCC(C(C)(ONC(=O)OC(C)(C)C)C(=O)OC(C)(C)C)O3)cn1. The Bertz CT molecular complexity index is 1340. The lowest BCUT2D eigenvalue weighted by Gasteiger charge is -2.39. The first-order valence-electron chi connectivity index (χ1n) is 15.1. The maximum atomic E-state index is 13.4. The fourth-order valence-electron chi connectivity index (χ4n) is 4.36. The van der Waals surface area contributed by atoms with E-state index in [2.05, 4.69) is 21.1 Å². The van der Waals surface area contributed by atoms with E-state index >= 15 is 0 Å². The average molecular weight is 629 g/mol. The minimum atomic E-state index is -1.66. The molecular weight excluding hydrogens is 580 g/mol. The van der Waals surface area contributed by atoms with E-state index < -0.39 is 46.7 Å². The van der Waals surface area contributed by atoms with Gasteiger partial charge < -0.3 is 29.6 Å². The summed E-state index contributed by atoms with van der Waals surface area (Å²) >= 11 is 0. The Morgan fingerprint density at radius 3 is 2.04 bits per heavy atom. The van der Waals surface area contributed by atoms with Gasteiger partial charge in [0.1, 0.15) is 34.5 Å².